The lowest BCUT2D eigenvalue weighted by molar-refractivity contribution is 0.938. The Bertz CT molecular complexity index is 454. The Kier molecular flexibility index (Phi) is 3.36. The second kappa shape index (κ2) is 4.95. The van der Waals surface area contributed by atoms with Crippen molar-refractivity contribution < 1.29 is 0 Å². The van der Waals surface area contributed by atoms with Crippen molar-refractivity contribution in [2.75, 3.05) is 38.0 Å². The molecule has 0 amide bonds. The van der Waals surface area contributed by atoms with Crippen LogP contribution in [0.2, 0.25) is 0 Å². The first-order valence-electron chi connectivity index (χ1n) is 5.60. The minimum Gasteiger partial charge on any atom is -0.361 e. The van der Waals surface area contributed by atoms with Gasteiger partial charge < -0.3 is 9.80 Å². The Morgan fingerprint density at radius 2 is 1.00 bits per heavy atom. The summed E-state index contributed by atoms with van der Waals surface area (Å²) in [5.74, 6) is 1.63. The maximum atomic E-state index is 4.14. The average Bonchev–Trinajstić information content (AvgIpc) is 2.39. The van der Waals surface area contributed by atoms with E-state index < -0.39 is 0 Å². The van der Waals surface area contributed by atoms with Gasteiger partial charge in [0.05, 0.1) is 0 Å². The third-order valence-corrected chi connectivity index (χ3v) is 2.48. The second-order valence-electron chi connectivity index (χ2n) is 4.34. The standard InChI is InChI=1S/C12H16N6/c1-17(2)11-7-5-9(13-15-11)10-6-8-12(16-14-10)18(3)4/h5-8H,1-4H3. The smallest absolute Gasteiger partial charge is 0.150 e. The number of aromatic nitrogens is 4. The van der Waals surface area contributed by atoms with Crippen molar-refractivity contribution in [3.63, 3.8) is 0 Å². The molecule has 94 valence electrons. The van der Waals surface area contributed by atoms with Crippen LogP contribution >= 0.6 is 0 Å². The zero-order valence-electron chi connectivity index (χ0n) is 11.0. The van der Waals surface area contributed by atoms with E-state index in [0.717, 1.165) is 23.0 Å². The average molecular weight is 244 g/mol. The summed E-state index contributed by atoms with van der Waals surface area (Å²) < 4.78 is 0. The van der Waals surface area contributed by atoms with Crippen LogP contribution in [-0.2, 0) is 0 Å². The van der Waals surface area contributed by atoms with E-state index in [1.54, 1.807) is 0 Å². The molecule has 0 aliphatic carbocycles. The molecule has 0 unspecified atom stereocenters. The van der Waals surface area contributed by atoms with Gasteiger partial charge in [-0.1, -0.05) is 0 Å². The Hall–Kier alpha value is -2.24. The van der Waals surface area contributed by atoms with Crippen molar-refractivity contribution in [1.82, 2.24) is 20.4 Å². The summed E-state index contributed by atoms with van der Waals surface area (Å²) in [5.41, 5.74) is 1.44. The maximum absolute atomic E-state index is 4.14. The van der Waals surface area contributed by atoms with Gasteiger partial charge in [0.15, 0.2) is 11.6 Å². The van der Waals surface area contributed by atoms with Crippen molar-refractivity contribution >= 4 is 11.6 Å². The fraction of sp³-hybridized carbons (Fsp3) is 0.333. The van der Waals surface area contributed by atoms with Crippen LogP contribution in [0.15, 0.2) is 24.3 Å². The molecule has 0 bridgehead atoms. The summed E-state index contributed by atoms with van der Waals surface area (Å²) in [6, 6.07) is 7.59. The molecular formula is C12H16N6. The van der Waals surface area contributed by atoms with Crippen molar-refractivity contribution in [2.45, 2.75) is 0 Å². The van der Waals surface area contributed by atoms with Crippen LogP contribution in [0.1, 0.15) is 0 Å². The highest BCUT2D eigenvalue weighted by atomic mass is 15.3. The van der Waals surface area contributed by atoms with Crippen LogP contribution in [0.25, 0.3) is 11.4 Å². The van der Waals surface area contributed by atoms with Crippen LogP contribution < -0.4 is 9.80 Å². The van der Waals surface area contributed by atoms with E-state index >= 15 is 0 Å². The molecule has 0 aromatic carbocycles. The van der Waals surface area contributed by atoms with Gasteiger partial charge >= 0.3 is 0 Å². The van der Waals surface area contributed by atoms with Gasteiger partial charge in [0.1, 0.15) is 11.4 Å². The fourth-order valence-electron chi connectivity index (χ4n) is 1.40. The van der Waals surface area contributed by atoms with Gasteiger partial charge in [-0.3, -0.25) is 0 Å². The largest absolute Gasteiger partial charge is 0.361 e. The normalized spacial score (nSPS) is 10.2. The number of hydrogen-bond donors (Lipinski definition) is 0. The third-order valence-electron chi connectivity index (χ3n) is 2.48. The van der Waals surface area contributed by atoms with E-state index in [2.05, 4.69) is 20.4 Å². The minimum absolute atomic E-state index is 0.721. The Morgan fingerprint density at radius 1 is 0.611 bits per heavy atom. The lowest BCUT2D eigenvalue weighted by Crippen LogP contribution is -2.12. The zero-order valence-corrected chi connectivity index (χ0v) is 11.0. The van der Waals surface area contributed by atoms with Gasteiger partial charge in [0.2, 0.25) is 0 Å². The van der Waals surface area contributed by atoms with E-state index in [-0.39, 0.29) is 0 Å². The first-order chi connectivity index (χ1) is 8.58. The minimum atomic E-state index is 0.721. The molecule has 0 fully saturated rings. The first-order valence-corrected chi connectivity index (χ1v) is 5.60. The van der Waals surface area contributed by atoms with Crippen LogP contribution in [0, 0.1) is 0 Å². The summed E-state index contributed by atoms with van der Waals surface area (Å²) >= 11 is 0. The molecule has 18 heavy (non-hydrogen) atoms. The van der Waals surface area contributed by atoms with E-state index in [9.17, 15) is 0 Å². The topological polar surface area (TPSA) is 58.0 Å². The number of anilines is 2. The summed E-state index contributed by atoms with van der Waals surface area (Å²) in [7, 11) is 7.70. The Labute approximate surface area is 106 Å². The molecule has 6 nitrogen and oxygen atoms in total. The molecule has 0 aliphatic rings. The predicted molar refractivity (Wildman–Crippen MR) is 71.7 cm³/mol. The van der Waals surface area contributed by atoms with Gasteiger partial charge in [0, 0.05) is 28.2 Å². The summed E-state index contributed by atoms with van der Waals surface area (Å²) in [6.07, 6.45) is 0. The molecule has 0 spiro atoms. The molecular weight excluding hydrogens is 228 g/mol. The molecule has 2 aromatic rings. The molecule has 0 saturated carbocycles. The molecule has 2 aromatic heterocycles. The highest BCUT2D eigenvalue weighted by Crippen LogP contribution is 2.16. The highest BCUT2D eigenvalue weighted by molar-refractivity contribution is 5.56. The maximum Gasteiger partial charge on any atom is 0.150 e. The molecule has 0 saturated heterocycles. The molecule has 0 aliphatic heterocycles. The van der Waals surface area contributed by atoms with Crippen molar-refractivity contribution in [3.8, 4) is 11.4 Å². The van der Waals surface area contributed by atoms with Crippen LogP contribution in [0.5, 0.6) is 0 Å². The molecule has 2 heterocycles. The van der Waals surface area contributed by atoms with E-state index in [4.69, 9.17) is 0 Å². The summed E-state index contributed by atoms with van der Waals surface area (Å²) in [6.45, 7) is 0. The van der Waals surface area contributed by atoms with Gasteiger partial charge in [0.25, 0.3) is 0 Å². The number of nitrogens with zero attached hydrogens (tertiary/aromatic N) is 6. The quantitative estimate of drug-likeness (QED) is 0.805. The summed E-state index contributed by atoms with van der Waals surface area (Å²) in [5, 5.41) is 16.5. The molecule has 6 heteroatoms. The van der Waals surface area contributed by atoms with E-state index in [1.165, 1.54) is 0 Å². The van der Waals surface area contributed by atoms with Crippen molar-refractivity contribution in [1.29, 1.82) is 0 Å². The lowest BCUT2D eigenvalue weighted by atomic mass is 10.2. The summed E-state index contributed by atoms with van der Waals surface area (Å²) in [4.78, 5) is 3.80. The lowest BCUT2D eigenvalue weighted by Gasteiger charge is -2.11. The first kappa shape index (κ1) is 12.2. The number of hydrogen-bond acceptors (Lipinski definition) is 6. The van der Waals surface area contributed by atoms with E-state index in [0.29, 0.717) is 0 Å². The molecule has 2 rings (SSSR count). The fourth-order valence-corrected chi connectivity index (χ4v) is 1.40. The Balaban J connectivity index is 2.25. The van der Waals surface area contributed by atoms with Gasteiger partial charge in [-0.25, -0.2) is 0 Å². The van der Waals surface area contributed by atoms with Crippen LogP contribution in [-0.4, -0.2) is 48.6 Å². The third kappa shape index (κ3) is 2.53. The molecule has 0 N–H and O–H groups in total. The van der Waals surface area contributed by atoms with Crippen molar-refractivity contribution in [3.05, 3.63) is 24.3 Å². The van der Waals surface area contributed by atoms with Gasteiger partial charge in [-0.2, -0.15) is 0 Å². The Morgan fingerprint density at radius 3 is 1.22 bits per heavy atom. The molecule has 0 atom stereocenters. The van der Waals surface area contributed by atoms with E-state index in [1.807, 2.05) is 62.3 Å². The second-order valence-corrected chi connectivity index (χ2v) is 4.34. The number of rotatable bonds is 3. The predicted octanol–water partition coefficient (Wildman–Crippen LogP) is 1.07. The van der Waals surface area contributed by atoms with Gasteiger partial charge in [-0.05, 0) is 24.3 Å². The molecule has 0 radical (unpaired) electrons. The van der Waals surface area contributed by atoms with Crippen LogP contribution in [0.4, 0.5) is 11.6 Å². The van der Waals surface area contributed by atoms with Gasteiger partial charge in [-0.15, -0.1) is 20.4 Å². The zero-order chi connectivity index (χ0) is 13.1. The highest BCUT2D eigenvalue weighted by Gasteiger charge is 2.05. The SMILES string of the molecule is CN(C)c1ccc(-c2ccc(N(C)C)nn2)nn1. The monoisotopic (exact) mass is 244 g/mol. The van der Waals surface area contributed by atoms with Crippen molar-refractivity contribution in [2.24, 2.45) is 0 Å². The van der Waals surface area contributed by atoms with Crippen LogP contribution in [0.3, 0.4) is 0 Å².